The lowest BCUT2D eigenvalue weighted by Crippen LogP contribution is -2.33. The molecule has 0 saturated carbocycles. The third-order valence-electron chi connectivity index (χ3n) is 3.67. The minimum Gasteiger partial charge on any atom is -0.385 e. The van der Waals surface area contributed by atoms with E-state index in [2.05, 4.69) is 14.9 Å². The third-order valence-corrected chi connectivity index (χ3v) is 5.21. The van der Waals surface area contributed by atoms with E-state index in [4.69, 9.17) is 0 Å². The summed E-state index contributed by atoms with van der Waals surface area (Å²) in [6, 6.07) is 5.43. The summed E-state index contributed by atoms with van der Waals surface area (Å²) in [6.07, 6.45) is 1.78. The van der Waals surface area contributed by atoms with Gasteiger partial charge in [0.25, 0.3) is 0 Å². The Morgan fingerprint density at radius 2 is 2.20 bits per heavy atom. The minimum atomic E-state index is -3.42. The number of anilines is 1. The van der Waals surface area contributed by atoms with Gasteiger partial charge in [-0.15, -0.1) is 0 Å². The van der Waals surface area contributed by atoms with Crippen LogP contribution in [0.3, 0.4) is 0 Å². The van der Waals surface area contributed by atoms with Crippen LogP contribution in [0.25, 0.3) is 0 Å². The fourth-order valence-corrected chi connectivity index (χ4v) is 3.65. The highest BCUT2D eigenvalue weighted by molar-refractivity contribution is 7.89. The average molecular weight is 297 g/mol. The molecule has 0 aliphatic carbocycles. The first-order chi connectivity index (χ1) is 9.54. The molecule has 1 aliphatic rings. The number of nitrogens with one attached hydrogen (secondary N) is 2. The maximum Gasteiger partial charge on any atom is 0.240 e. The van der Waals surface area contributed by atoms with Gasteiger partial charge in [-0.25, -0.2) is 13.1 Å². The van der Waals surface area contributed by atoms with Crippen LogP contribution in [0, 0.1) is 0 Å². The number of likely N-dealkylation sites (N-methyl/N-ethyl adjacent to an activating group) is 1. The molecule has 1 aromatic carbocycles. The Balaban J connectivity index is 2.13. The number of hydrogen-bond acceptors (Lipinski definition) is 4. The first-order valence-electron chi connectivity index (χ1n) is 7.08. The van der Waals surface area contributed by atoms with Gasteiger partial charge in [-0.3, -0.25) is 0 Å². The Bertz CT molecular complexity index is 558. The van der Waals surface area contributed by atoms with Crippen molar-refractivity contribution in [1.29, 1.82) is 0 Å². The lowest BCUT2D eigenvalue weighted by atomic mass is 10.0. The molecule has 1 heterocycles. The molecular weight excluding hydrogens is 274 g/mol. The van der Waals surface area contributed by atoms with Crippen LogP contribution in [0.5, 0.6) is 0 Å². The lowest BCUT2D eigenvalue weighted by molar-refractivity contribution is 0.358. The van der Waals surface area contributed by atoms with Crippen molar-refractivity contribution in [2.75, 3.05) is 38.5 Å². The average Bonchev–Trinajstić information content (AvgIpc) is 2.46. The van der Waals surface area contributed by atoms with E-state index in [1.54, 1.807) is 12.1 Å². The Hall–Kier alpha value is -1.11. The molecule has 6 heteroatoms. The zero-order valence-corrected chi connectivity index (χ0v) is 13.0. The van der Waals surface area contributed by atoms with Crippen LogP contribution in [0.15, 0.2) is 23.1 Å². The van der Waals surface area contributed by atoms with E-state index in [9.17, 15) is 8.42 Å². The number of benzene rings is 1. The van der Waals surface area contributed by atoms with Crippen LogP contribution in [0.4, 0.5) is 5.69 Å². The van der Waals surface area contributed by atoms with Crippen molar-refractivity contribution >= 4 is 15.7 Å². The highest BCUT2D eigenvalue weighted by Gasteiger charge is 2.21. The monoisotopic (exact) mass is 297 g/mol. The molecule has 5 nitrogen and oxygen atoms in total. The van der Waals surface area contributed by atoms with Gasteiger partial charge in [0, 0.05) is 25.3 Å². The van der Waals surface area contributed by atoms with Crippen molar-refractivity contribution < 1.29 is 8.42 Å². The predicted molar refractivity (Wildman–Crippen MR) is 81.6 cm³/mol. The molecule has 2 N–H and O–H groups in total. The Morgan fingerprint density at radius 1 is 1.40 bits per heavy atom. The van der Waals surface area contributed by atoms with Gasteiger partial charge in [-0.1, -0.05) is 13.0 Å². The summed E-state index contributed by atoms with van der Waals surface area (Å²) in [4.78, 5) is 2.49. The molecule has 1 aromatic rings. The van der Waals surface area contributed by atoms with Crippen LogP contribution < -0.4 is 10.0 Å². The zero-order chi connectivity index (χ0) is 14.6. The normalized spacial score (nSPS) is 14.9. The van der Waals surface area contributed by atoms with Crippen molar-refractivity contribution in [3.8, 4) is 0 Å². The maximum absolute atomic E-state index is 12.4. The van der Waals surface area contributed by atoms with E-state index < -0.39 is 10.0 Å². The fourth-order valence-electron chi connectivity index (χ4n) is 2.34. The highest BCUT2D eigenvalue weighted by atomic mass is 32.2. The highest BCUT2D eigenvalue weighted by Crippen LogP contribution is 2.28. The quantitative estimate of drug-likeness (QED) is 0.830. The van der Waals surface area contributed by atoms with Gasteiger partial charge in [0.15, 0.2) is 0 Å². The van der Waals surface area contributed by atoms with Crippen molar-refractivity contribution in [3.05, 3.63) is 23.8 Å². The summed E-state index contributed by atoms with van der Waals surface area (Å²) in [6.45, 7) is 5.01. The summed E-state index contributed by atoms with van der Waals surface area (Å²) < 4.78 is 27.5. The first kappa shape index (κ1) is 15.3. The fraction of sp³-hybridized carbons (Fsp3) is 0.571. The molecule has 0 radical (unpaired) electrons. The molecule has 112 valence electrons. The molecule has 0 amide bonds. The number of hydrogen-bond donors (Lipinski definition) is 2. The molecule has 0 unspecified atom stereocenters. The summed E-state index contributed by atoms with van der Waals surface area (Å²) in [5.41, 5.74) is 1.86. The van der Waals surface area contributed by atoms with E-state index in [0.717, 1.165) is 37.2 Å². The summed E-state index contributed by atoms with van der Waals surface area (Å²) in [7, 11) is -1.45. The molecule has 0 spiro atoms. The van der Waals surface area contributed by atoms with Gasteiger partial charge in [-0.2, -0.15) is 0 Å². The third kappa shape index (κ3) is 3.50. The summed E-state index contributed by atoms with van der Waals surface area (Å²) in [5, 5.41) is 3.26. The minimum absolute atomic E-state index is 0.418. The van der Waals surface area contributed by atoms with Gasteiger partial charge in [0.1, 0.15) is 0 Å². The maximum atomic E-state index is 12.4. The van der Waals surface area contributed by atoms with E-state index in [1.165, 1.54) is 0 Å². The van der Waals surface area contributed by atoms with Gasteiger partial charge < -0.3 is 10.2 Å². The van der Waals surface area contributed by atoms with Crippen molar-refractivity contribution in [3.63, 3.8) is 0 Å². The number of sulfonamides is 1. The molecule has 0 fully saturated rings. The predicted octanol–water partition coefficient (Wildman–Crippen LogP) is 1.27. The Labute approximate surface area is 121 Å². The van der Waals surface area contributed by atoms with Gasteiger partial charge in [0.05, 0.1) is 4.90 Å². The van der Waals surface area contributed by atoms with Crippen molar-refractivity contribution in [1.82, 2.24) is 9.62 Å². The summed E-state index contributed by atoms with van der Waals surface area (Å²) >= 11 is 0. The van der Waals surface area contributed by atoms with Crippen LogP contribution in [0.2, 0.25) is 0 Å². The largest absolute Gasteiger partial charge is 0.385 e. The molecule has 2 rings (SSSR count). The van der Waals surface area contributed by atoms with Crippen LogP contribution in [-0.2, 0) is 16.4 Å². The molecular formula is C14H23N3O2S. The summed E-state index contributed by atoms with van der Waals surface area (Å²) in [5.74, 6) is 0. The van der Waals surface area contributed by atoms with E-state index >= 15 is 0 Å². The van der Waals surface area contributed by atoms with Gasteiger partial charge >= 0.3 is 0 Å². The van der Waals surface area contributed by atoms with Crippen LogP contribution >= 0.6 is 0 Å². The number of rotatable bonds is 6. The first-order valence-corrected chi connectivity index (χ1v) is 8.57. The standard InChI is InChI=1S/C14H23N3O2S/c1-3-17(2)11-10-16-20(18,19)14-8-4-7-13-12(14)6-5-9-15-13/h4,7-8,15-16H,3,5-6,9-11H2,1-2H3. The second kappa shape index (κ2) is 6.56. The smallest absolute Gasteiger partial charge is 0.240 e. The van der Waals surface area contributed by atoms with Crippen molar-refractivity contribution in [2.45, 2.75) is 24.7 Å². The second-order valence-corrected chi connectivity index (χ2v) is 6.84. The zero-order valence-electron chi connectivity index (χ0n) is 12.1. The van der Waals surface area contributed by atoms with Crippen LogP contribution in [-0.4, -0.2) is 46.5 Å². The molecule has 0 bridgehead atoms. The molecule has 0 atom stereocenters. The molecule has 0 saturated heterocycles. The molecule has 1 aliphatic heterocycles. The molecule has 0 aromatic heterocycles. The van der Waals surface area contributed by atoms with Crippen molar-refractivity contribution in [2.24, 2.45) is 0 Å². The Kier molecular flexibility index (Phi) is 5.01. The SMILES string of the molecule is CCN(C)CCNS(=O)(=O)c1cccc2c1CCCN2. The van der Waals surface area contributed by atoms with Gasteiger partial charge in [0.2, 0.25) is 10.0 Å². The second-order valence-electron chi connectivity index (χ2n) is 5.11. The topological polar surface area (TPSA) is 61.4 Å². The lowest BCUT2D eigenvalue weighted by Gasteiger charge is -2.21. The van der Waals surface area contributed by atoms with Gasteiger partial charge in [-0.05, 0) is 44.1 Å². The van der Waals surface area contributed by atoms with Crippen LogP contribution in [0.1, 0.15) is 18.9 Å². The number of nitrogens with zero attached hydrogens (tertiary/aromatic N) is 1. The van der Waals surface area contributed by atoms with E-state index in [-0.39, 0.29) is 0 Å². The number of fused-ring (bicyclic) bond motifs is 1. The van der Waals surface area contributed by atoms with E-state index in [1.807, 2.05) is 20.0 Å². The Morgan fingerprint density at radius 3 is 2.95 bits per heavy atom. The van der Waals surface area contributed by atoms with E-state index in [0.29, 0.717) is 18.0 Å². The molecule has 20 heavy (non-hydrogen) atoms.